The number of nitrogens with one attached hydrogen (secondary N) is 2. The number of aromatic nitrogens is 1. The Morgan fingerprint density at radius 2 is 2.00 bits per heavy atom. The first-order valence-electron chi connectivity index (χ1n) is 6.47. The Morgan fingerprint density at radius 3 is 2.79 bits per heavy atom. The molecule has 1 aromatic carbocycles. The maximum absolute atomic E-state index is 6.01. The van der Waals surface area contributed by atoms with Gasteiger partial charge in [-0.25, -0.2) is 0 Å². The standard InChI is InChI=1S/C14H17ClN2S2/c15-11-1-2-14-10(5-11)6-12(17-14)7-16-13-8-18-3-4-19-9-13/h1-2,5-6,13,16-17H,3-4,7-9H2. The highest BCUT2D eigenvalue weighted by Crippen LogP contribution is 2.21. The van der Waals surface area contributed by atoms with E-state index >= 15 is 0 Å². The number of rotatable bonds is 3. The molecule has 0 saturated carbocycles. The van der Waals surface area contributed by atoms with Gasteiger partial charge in [-0.15, -0.1) is 0 Å². The topological polar surface area (TPSA) is 27.8 Å². The van der Waals surface area contributed by atoms with Crippen molar-refractivity contribution in [2.75, 3.05) is 23.0 Å². The summed E-state index contributed by atoms with van der Waals surface area (Å²) in [6.07, 6.45) is 0. The fraction of sp³-hybridized carbons (Fsp3) is 0.429. The Labute approximate surface area is 127 Å². The van der Waals surface area contributed by atoms with Gasteiger partial charge in [0, 0.05) is 57.2 Å². The minimum absolute atomic E-state index is 0.618. The van der Waals surface area contributed by atoms with E-state index in [2.05, 4.69) is 39.9 Å². The lowest BCUT2D eigenvalue weighted by Gasteiger charge is -2.14. The van der Waals surface area contributed by atoms with Crippen LogP contribution in [0.3, 0.4) is 0 Å². The van der Waals surface area contributed by atoms with E-state index in [1.165, 1.54) is 34.1 Å². The Balaban J connectivity index is 1.64. The van der Waals surface area contributed by atoms with Crippen molar-refractivity contribution in [3.63, 3.8) is 0 Å². The van der Waals surface area contributed by atoms with E-state index in [-0.39, 0.29) is 0 Å². The van der Waals surface area contributed by atoms with Gasteiger partial charge in [-0.05, 0) is 24.3 Å². The second-order valence-corrected chi connectivity index (χ2v) is 7.49. The molecule has 0 bridgehead atoms. The molecule has 0 unspecified atom stereocenters. The van der Waals surface area contributed by atoms with Crippen molar-refractivity contribution >= 4 is 46.0 Å². The lowest BCUT2D eigenvalue weighted by molar-refractivity contribution is 0.598. The van der Waals surface area contributed by atoms with Crippen LogP contribution in [0.5, 0.6) is 0 Å². The van der Waals surface area contributed by atoms with Crippen molar-refractivity contribution < 1.29 is 0 Å². The minimum atomic E-state index is 0.618. The highest BCUT2D eigenvalue weighted by molar-refractivity contribution is 8.03. The molecule has 2 heterocycles. The van der Waals surface area contributed by atoms with Crippen molar-refractivity contribution in [2.24, 2.45) is 0 Å². The predicted octanol–water partition coefficient (Wildman–Crippen LogP) is 3.76. The van der Waals surface area contributed by atoms with E-state index in [9.17, 15) is 0 Å². The molecule has 3 rings (SSSR count). The summed E-state index contributed by atoms with van der Waals surface area (Å²) < 4.78 is 0. The van der Waals surface area contributed by atoms with Gasteiger partial charge in [0.25, 0.3) is 0 Å². The van der Waals surface area contributed by atoms with Crippen molar-refractivity contribution in [3.8, 4) is 0 Å². The lowest BCUT2D eigenvalue weighted by Crippen LogP contribution is -2.32. The van der Waals surface area contributed by atoms with Crippen molar-refractivity contribution in [1.29, 1.82) is 0 Å². The summed E-state index contributed by atoms with van der Waals surface area (Å²) in [6.45, 7) is 0.901. The minimum Gasteiger partial charge on any atom is -0.357 e. The second kappa shape index (κ2) is 6.44. The number of aromatic amines is 1. The zero-order valence-corrected chi connectivity index (χ0v) is 13.0. The van der Waals surface area contributed by atoms with Gasteiger partial charge in [0.15, 0.2) is 0 Å². The molecule has 102 valence electrons. The lowest BCUT2D eigenvalue weighted by atomic mass is 10.2. The first-order chi connectivity index (χ1) is 9.31. The number of halogens is 1. The molecule has 1 aromatic heterocycles. The molecule has 1 aliphatic rings. The molecule has 0 aliphatic carbocycles. The summed E-state index contributed by atoms with van der Waals surface area (Å²) >= 11 is 10.1. The number of hydrogen-bond donors (Lipinski definition) is 2. The average molecular weight is 313 g/mol. The molecule has 0 spiro atoms. The van der Waals surface area contributed by atoms with Gasteiger partial charge in [0.2, 0.25) is 0 Å². The van der Waals surface area contributed by atoms with Crippen LogP contribution in [0.15, 0.2) is 24.3 Å². The normalized spacial score (nSPS) is 17.7. The van der Waals surface area contributed by atoms with Gasteiger partial charge in [-0.2, -0.15) is 23.5 Å². The van der Waals surface area contributed by atoms with Crippen LogP contribution in [0.4, 0.5) is 0 Å². The van der Waals surface area contributed by atoms with Crippen LogP contribution in [0.25, 0.3) is 10.9 Å². The number of fused-ring (bicyclic) bond motifs is 1. The van der Waals surface area contributed by atoms with E-state index < -0.39 is 0 Å². The molecule has 5 heteroatoms. The van der Waals surface area contributed by atoms with Crippen LogP contribution in [0, 0.1) is 0 Å². The molecule has 2 nitrogen and oxygen atoms in total. The Hall–Kier alpha value is -0.290. The summed E-state index contributed by atoms with van der Waals surface area (Å²) in [7, 11) is 0. The number of hydrogen-bond acceptors (Lipinski definition) is 3. The first kappa shape index (κ1) is 13.7. The number of thioether (sulfide) groups is 2. The molecule has 19 heavy (non-hydrogen) atoms. The Bertz CT molecular complexity index is 547. The first-order valence-corrected chi connectivity index (χ1v) is 9.16. The van der Waals surface area contributed by atoms with Crippen LogP contribution >= 0.6 is 35.1 Å². The largest absolute Gasteiger partial charge is 0.357 e. The van der Waals surface area contributed by atoms with Crippen molar-refractivity contribution in [3.05, 3.63) is 35.0 Å². The van der Waals surface area contributed by atoms with E-state index in [0.717, 1.165) is 17.1 Å². The van der Waals surface area contributed by atoms with Crippen molar-refractivity contribution in [2.45, 2.75) is 12.6 Å². The molecule has 1 saturated heterocycles. The Kier molecular flexibility index (Phi) is 4.64. The molecule has 1 fully saturated rings. The highest BCUT2D eigenvalue weighted by Gasteiger charge is 2.12. The van der Waals surface area contributed by atoms with Gasteiger partial charge < -0.3 is 10.3 Å². The molecule has 2 N–H and O–H groups in total. The van der Waals surface area contributed by atoms with Crippen LogP contribution in [0.2, 0.25) is 5.02 Å². The summed E-state index contributed by atoms with van der Waals surface area (Å²) in [4.78, 5) is 3.44. The maximum Gasteiger partial charge on any atom is 0.0457 e. The Morgan fingerprint density at radius 1 is 1.21 bits per heavy atom. The predicted molar refractivity (Wildman–Crippen MR) is 88.6 cm³/mol. The smallest absolute Gasteiger partial charge is 0.0457 e. The third kappa shape index (κ3) is 3.63. The monoisotopic (exact) mass is 312 g/mol. The van der Waals surface area contributed by atoms with Gasteiger partial charge in [0.05, 0.1) is 0 Å². The summed E-state index contributed by atoms with van der Waals surface area (Å²) in [5, 5.41) is 5.63. The number of benzene rings is 1. The molecule has 0 amide bonds. The van der Waals surface area contributed by atoms with Gasteiger partial charge in [-0.1, -0.05) is 11.6 Å². The average Bonchev–Trinajstić information content (AvgIpc) is 2.63. The van der Waals surface area contributed by atoms with Gasteiger partial charge in [-0.3, -0.25) is 0 Å². The van der Waals surface area contributed by atoms with E-state index in [0.29, 0.717) is 6.04 Å². The molecule has 0 atom stereocenters. The van der Waals surface area contributed by atoms with Crippen LogP contribution < -0.4 is 5.32 Å². The van der Waals surface area contributed by atoms with Crippen LogP contribution in [-0.2, 0) is 6.54 Å². The zero-order valence-electron chi connectivity index (χ0n) is 10.6. The molecule has 2 aromatic rings. The summed E-state index contributed by atoms with van der Waals surface area (Å²) in [6, 6.07) is 8.78. The molecule has 1 aliphatic heterocycles. The second-order valence-electron chi connectivity index (χ2n) is 4.75. The third-order valence-corrected chi connectivity index (χ3v) is 5.99. The summed E-state index contributed by atoms with van der Waals surface area (Å²) in [5.41, 5.74) is 2.39. The fourth-order valence-electron chi connectivity index (χ4n) is 2.25. The van der Waals surface area contributed by atoms with E-state index in [1.54, 1.807) is 0 Å². The SMILES string of the molecule is Clc1ccc2[nH]c(CNC3CSCCSC3)cc2c1. The zero-order chi connectivity index (χ0) is 13.1. The third-order valence-electron chi connectivity index (χ3n) is 3.23. The quantitative estimate of drug-likeness (QED) is 0.904. The molecular formula is C14H17ClN2S2. The maximum atomic E-state index is 6.01. The number of H-pyrrole nitrogens is 1. The van der Waals surface area contributed by atoms with Gasteiger partial charge in [0.1, 0.15) is 0 Å². The van der Waals surface area contributed by atoms with Gasteiger partial charge >= 0.3 is 0 Å². The fourth-order valence-corrected chi connectivity index (χ4v) is 4.89. The van der Waals surface area contributed by atoms with E-state index in [4.69, 9.17) is 11.6 Å². The van der Waals surface area contributed by atoms with Crippen LogP contribution in [-0.4, -0.2) is 34.0 Å². The van der Waals surface area contributed by atoms with Crippen molar-refractivity contribution in [1.82, 2.24) is 10.3 Å². The van der Waals surface area contributed by atoms with Crippen LogP contribution in [0.1, 0.15) is 5.69 Å². The highest BCUT2D eigenvalue weighted by atomic mass is 35.5. The molecular weight excluding hydrogens is 296 g/mol. The van der Waals surface area contributed by atoms with E-state index in [1.807, 2.05) is 18.2 Å². The summed E-state index contributed by atoms with van der Waals surface area (Å²) in [5.74, 6) is 5.01. The molecule has 0 radical (unpaired) electrons.